The summed E-state index contributed by atoms with van der Waals surface area (Å²) >= 11 is 0. The summed E-state index contributed by atoms with van der Waals surface area (Å²) < 4.78 is 0. The summed E-state index contributed by atoms with van der Waals surface area (Å²) in [5.41, 5.74) is 9.65. The summed E-state index contributed by atoms with van der Waals surface area (Å²) in [6.07, 6.45) is 11.0. The van der Waals surface area contributed by atoms with Gasteiger partial charge in [-0.25, -0.2) is 15.0 Å². The maximum absolute atomic E-state index is 9.97. The Bertz CT molecular complexity index is 1050. The van der Waals surface area contributed by atoms with E-state index in [1.807, 2.05) is 31.6 Å². The fourth-order valence-corrected chi connectivity index (χ4v) is 4.19. The second kappa shape index (κ2) is 9.75. The van der Waals surface area contributed by atoms with Crippen molar-refractivity contribution < 1.29 is 5.11 Å². The van der Waals surface area contributed by atoms with Crippen molar-refractivity contribution in [2.45, 2.75) is 58.0 Å². The normalized spacial score (nSPS) is 16.3. The van der Waals surface area contributed by atoms with Gasteiger partial charge >= 0.3 is 0 Å². The van der Waals surface area contributed by atoms with E-state index in [2.05, 4.69) is 37.1 Å². The molecule has 1 aliphatic rings. The van der Waals surface area contributed by atoms with Crippen molar-refractivity contribution in [3.05, 3.63) is 36.5 Å². The maximum atomic E-state index is 9.97. The highest BCUT2D eigenvalue weighted by Crippen LogP contribution is 2.30. The summed E-state index contributed by atoms with van der Waals surface area (Å²) in [7, 11) is 0. The van der Waals surface area contributed by atoms with Gasteiger partial charge in [-0.15, -0.1) is 0 Å². The summed E-state index contributed by atoms with van der Waals surface area (Å²) in [5.74, 6) is 1.25. The Hall–Kier alpha value is -2.84. The van der Waals surface area contributed by atoms with Gasteiger partial charge in [0.15, 0.2) is 0 Å². The van der Waals surface area contributed by atoms with E-state index < -0.39 is 5.54 Å². The second-order valence-electron chi connectivity index (χ2n) is 9.00. The smallest absolute Gasteiger partial charge is 0.142 e. The third kappa shape index (κ3) is 5.14. The van der Waals surface area contributed by atoms with Crippen LogP contribution in [0.3, 0.4) is 0 Å². The van der Waals surface area contributed by atoms with Crippen LogP contribution in [0.1, 0.15) is 51.8 Å². The SMILES string of the molecule is CCCC[C@](C)(CO)Nc1cc(N)nc2cc(-c3cnc(CN4CCCC4)nc3)cnc12. The van der Waals surface area contributed by atoms with Gasteiger partial charge in [0.25, 0.3) is 0 Å². The molecule has 1 aliphatic heterocycles. The van der Waals surface area contributed by atoms with Crippen LogP contribution < -0.4 is 11.1 Å². The number of pyridine rings is 2. The highest BCUT2D eigenvalue weighted by molar-refractivity contribution is 5.91. The number of likely N-dealkylation sites (tertiary alicyclic amines) is 1. The Morgan fingerprint density at radius 1 is 1.09 bits per heavy atom. The lowest BCUT2D eigenvalue weighted by molar-refractivity contribution is 0.212. The van der Waals surface area contributed by atoms with Crippen molar-refractivity contribution in [2.24, 2.45) is 0 Å². The molecule has 32 heavy (non-hydrogen) atoms. The molecule has 0 unspecified atom stereocenters. The number of nitrogen functional groups attached to an aromatic ring is 1. The van der Waals surface area contributed by atoms with Gasteiger partial charge < -0.3 is 16.2 Å². The number of aliphatic hydroxyl groups is 1. The van der Waals surface area contributed by atoms with Gasteiger partial charge in [0.05, 0.1) is 29.9 Å². The van der Waals surface area contributed by atoms with Crippen LogP contribution in [0.2, 0.25) is 0 Å². The minimum absolute atomic E-state index is 0.0237. The fourth-order valence-electron chi connectivity index (χ4n) is 4.19. The predicted molar refractivity (Wildman–Crippen MR) is 128 cm³/mol. The molecule has 4 rings (SSSR count). The van der Waals surface area contributed by atoms with Gasteiger partial charge in [-0.05, 0) is 45.3 Å². The Balaban J connectivity index is 1.59. The molecule has 1 fully saturated rings. The van der Waals surface area contributed by atoms with Crippen LogP contribution in [0.15, 0.2) is 30.7 Å². The summed E-state index contributed by atoms with van der Waals surface area (Å²) in [6, 6.07) is 3.75. The standard InChI is InChI=1S/C24H33N7O/c1-3-4-7-24(2,16-32)30-20-11-21(25)29-19-10-17(12-28-23(19)20)18-13-26-22(27-14-18)15-31-8-5-6-9-31/h10-14,32H,3-9,15-16H2,1-2H3,(H3,25,29,30)/t24-/m1/s1. The topological polar surface area (TPSA) is 113 Å². The summed E-state index contributed by atoms with van der Waals surface area (Å²) in [6.45, 7) is 7.22. The van der Waals surface area contributed by atoms with Crippen molar-refractivity contribution in [2.75, 3.05) is 30.7 Å². The average Bonchev–Trinajstić information content (AvgIpc) is 3.31. The number of hydrogen-bond acceptors (Lipinski definition) is 8. The molecule has 4 N–H and O–H groups in total. The molecule has 0 aliphatic carbocycles. The van der Waals surface area contributed by atoms with Gasteiger partial charge in [0.1, 0.15) is 17.2 Å². The van der Waals surface area contributed by atoms with Gasteiger partial charge in [-0.1, -0.05) is 19.8 Å². The van der Waals surface area contributed by atoms with Crippen molar-refractivity contribution >= 4 is 22.5 Å². The number of hydrogen-bond donors (Lipinski definition) is 3. The first-order valence-electron chi connectivity index (χ1n) is 11.5. The van der Waals surface area contributed by atoms with Crippen molar-refractivity contribution in [3.8, 4) is 11.1 Å². The lowest BCUT2D eigenvalue weighted by Gasteiger charge is -2.30. The lowest BCUT2D eigenvalue weighted by atomic mass is 9.95. The monoisotopic (exact) mass is 435 g/mol. The van der Waals surface area contributed by atoms with Crippen LogP contribution in [0.4, 0.5) is 11.5 Å². The zero-order chi connectivity index (χ0) is 22.6. The molecule has 4 heterocycles. The molecule has 3 aromatic heterocycles. The lowest BCUT2D eigenvalue weighted by Crippen LogP contribution is -2.38. The highest BCUT2D eigenvalue weighted by atomic mass is 16.3. The third-order valence-electron chi connectivity index (χ3n) is 6.13. The first-order valence-corrected chi connectivity index (χ1v) is 11.5. The second-order valence-corrected chi connectivity index (χ2v) is 9.00. The number of aliphatic hydroxyl groups excluding tert-OH is 1. The molecular weight excluding hydrogens is 402 g/mol. The van der Waals surface area contributed by atoms with Gasteiger partial charge in [0.2, 0.25) is 0 Å². The zero-order valence-corrected chi connectivity index (χ0v) is 19.0. The number of aromatic nitrogens is 4. The average molecular weight is 436 g/mol. The van der Waals surface area contributed by atoms with E-state index in [9.17, 15) is 5.11 Å². The van der Waals surface area contributed by atoms with Crippen LogP contribution in [-0.2, 0) is 6.54 Å². The summed E-state index contributed by atoms with van der Waals surface area (Å²) in [4.78, 5) is 20.7. The number of fused-ring (bicyclic) bond motifs is 1. The van der Waals surface area contributed by atoms with Crippen molar-refractivity contribution in [1.29, 1.82) is 0 Å². The Morgan fingerprint density at radius 2 is 1.81 bits per heavy atom. The Morgan fingerprint density at radius 3 is 2.50 bits per heavy atom. The minimum Gasteiger partial charge on any atom is -0.394 e. The molecule has 8 heteroatoms. The van der Waals surface area contributed by atoms with E-state index >= 15 is 0 Å². The molecule has 0 bridgehead atoms. The summed E-state index contributed by atoms with van der Waals surface area (Å²) in [5, 5.41) is 13.4. The maximum Gasteiger partial charge on any atom is 0.142 e. The zero-order valence-electron chi connectivity index (χ0n) is 19.0. The number of unbranched alkanes of at least 4 members (excludes halogenated alkanes) is 1. The molecule has 0 saturated carbocycles. The third-order valence-corrected chi connectivity index (χ3v) is 6.13. The minimum atomic E-state index is -0.448. The van der Waals surface area contributed by atoms with E-state index in [0.29, 0.717) is 11.3 Å². The van der Waals surface area contributed by atoms with E-state index in [1.165, 1.54) is 12.8 Å². The first-order chi connectivity index (χ1) is 15.5. The number of nitrogens with two attached hydrogens (primary N) is 1. The molecule has 1 saturated heterocycles. The van der Waals surface area contributed by atoms with Crippen molar-refractivity contribution in [1.82, 2.24) is 24.8 Å². The predicted octanol–water partition coefficient (Wildman–Crippen LogP) is 3.62. The molecular formula is C24H33N7O. The fraction of sp³-hybridized carbons (Fsp3) is 0.500. The van der Waals surface area contributed by atoms with E-state index in [-0.39, 0.29) is 6.61 Å². The van der Waals surface area contributed by atoms with Gasteiger partial charge in [-0.2, -0.15) is 0 Å². The van der Waals surface area contributed by atoms with E-state index in [0.717, 1.165) is 67.1 Å². The molecule has 3 aromatic rings. The Labute approximate surface area is 189 Å². The largest absolute Gasteiger partial charge is 0.394 e. The van der Waals surface area contributed by atoms with Crippen LogP contribution in [0.25, 0.3) is 22.2 Å². The van der Waals surface area contributed by atoms with Crippen LogP contribution in [0, 0.1) is 0 Å². The number of rotatable bonds is 9. The number of anilines is 2. The van der Waals surface area contributed by atoms with E-state index in [4.69, 9.17) is 5.73 Å². The number of nitrogens with zero attached hydrogens (tertiary/aromatic N) is 5. The quantitative estimate of drug-likeness (QED) is 0.467. The van der Waals surface area contributed by atoms with Crippen molar-refractivity contribution in [3.63, 3.8) is 0 Å². The van der Waals surface area contributed by atoms with E-state index in [1.54, 1.807) is 6.07 Å². The van der Waals surface area contributed by atoms with Crippen LogP contribution in [0.5, 0.6) is 0 Å². The molecule has 1 atom stereocenters. The van der Waals surface area contributed by atoms with Gasteiger partial charge in [0, 0.05) is 35.8 Å². The first kappa shape index (κ1) is 22.4. The number of nitrogens with one attached hydrogen (secondary N) is 1. The Kier molecular flexibility index (Phi) is 6.81. The van der Waals surface area contributed by atoms with Gasteiger partial charge in [-0.3, -0.25) is 9.88 Å². The van der Waals surface area contributed by atoms with Crippen LogP contribution in [-0.4, -0.2) is 55.2 Å². The molecule has 0 radical (unpaired) electrons. The highest BCUT2D eigenvalue weighted by Gasteiger charge is 2.24. The molecule has 8 nitrogen and oxygen atoms in total. The molecule has 0 aromatic carbocycles. The molecule has 170 valence electrons. The molecule has 0 amide bonds. The van der Waals surface area contributed by atoms with Crippen LogP contribution >= 0.6 is 0 Å². The molecule has 0 spiro atoms.